The van der Waals surface area contributed by atoms with Crippen LogP contribution in [0.3, 0.4) is 0 Å². The molecule has 4 heteroatoms. The molecule has 0 saturated carbocycles. The van der Waals surface area contributed by atoms with Crippen LogP contribution in [0.1, 0.15) is 0 Å². The molecule has 44 heavy (non-hydrogen) atoms. The zero-order valence-corrected chi connectivity index (χ0v) is 23.5. The summed E-state index contributed by atoms with van der Waals surface area (Å²) in [6.07, 6.45) is 0. The number of fused-ring (bicyclic) bond motifs is 11. The maximum absolute atomic E-state index is 6.27. The van der Waals surface area contributed by atoms with Crippen LogP contribution in [0.5, 0.6) is 0 Å². The van der Waals surface area contributed by atoms with Gasteiger partial charge in [-0.15, -0.1) is 0 Å². The average molecular weight is 562 g/mol. The Morgan fingerprint density at radius 3 is 2.11 bits per heavy atom. The maximum Gasteiger partial charge on any atom is 0.235 e. The van der Waals surface area contributed by atoms with Crippen molar-refractivity contribution in [2.75, 3.05) is 0 Å². The predicted molar refractivity (Wildman–Crippen MR) is 182 cm³/mol. The molecular formula is C40H23N3O. The van der Waals surface area contributed by atoms with E-state index in [-0.39, 0.29) is 0 Å². The number of nitrogens with zero attached hydrogens (tertiary/aromatic N) is 3. The second-order valence-corrected chi connectivity index (χ2v) is 11.4. The third kappa shape index (κ3) is 3.22. The first-order chi connectivity index (χ1) is 21.8. The Bertz CT molecular complexity index is 2770. The van der Waals surface area contributed by atoms with Gasteiger partial charge in [0.2, 0.25) is 5.95 Å². The zero-order valence-electron chi connectivity index (χ0n) is 23.5. The molecule has 10 aromatic rings. The lowest BCUT2D eigenvalue weighted by molar-refractivity contribution is 0.669. The highest BCUT2D eigenvalue weighted by molar-refractivity contribution is 6.23. The number of furan rings is 1. The van der Waals surface area contributed by atoms with E-state index in [9.17, 15) is 0 Å². The van der Waals surface area contributed by atoms with Gasteiger partial charge in [0.05, 0.1) is 22.2 Å². The molecule has 0 aliphatic rings. The summed E-state index contributed by atoms with van der Waals surface area (Å²) >= 11 is 0. The summed E-state index contributed by atoms with van der Waals surface area (Å²) in [5, 5.41) is 10.2. The van der Waals surface area contributed by atoms with E-state index in [2.05, 4.69) is 126 Å². The topological polar surface area (TPSA) is 43.9 Å². The van der Waals surface area contributed by atoms with Gasteiger partial charge in [-0.25, -0.2) is 9.97 Å². The molecule has 10 rings (SSSR count). The smallest absolute Gasteiger partial charge is 0.235 e. The molecule has 0 N–H and O–H groups in total. The average Bonchev–Trinajstić information content (AvgIpc) is 3.63. The lowest BCUT2D eigenvalue weighted by Crippen LogP contribution is -2.03. The van der Waals surface area contributed by atoms with Crippen molar-refractivity contribution >= 4 is 76.2 Å². The van der Waals surface area contributed by atoms with Crippen molar-refractivity contribution in [3.8, 4) is 17.2 Å². The number of hydrogen-bond acceptors (Lipinski definition) is 3. The van der Waals surface area contributed by atoms with Gasteiger partial charge in [-0.2, -0.15) is 0 Å². The van der Waals surface area contributed by atoms with Crippen LogP contribution < -0.4 is 0 Å². The number of aromatic nitrogens is 3. The van der Waals surface area contributed by atoms with Crippen LogP contribution in [0.2, 0.25) is 0 Å². The van der Waals surface area contributed by atoms with E-state index in [4.69, 9.17) is 14.4 Å². The molecule has 0 radical (unpaired) electrons. The summed E-state index contributed by atoms with van der Waals surface area (Å²) < 4.78 is 8.50. The van der Waals surface area contributed by atoms with Gasteiger partial charge >= 0.3 is 0 Å². The van der Waals surface area contributed by atoms with Crippen molar-refractivity contribution in [3.63, 3.8) is 0 Å². The molecule has 0 aliphatic carbocycles. The fourth-order valence-corrected chi connectivity index (χ4v) is 6.99. The van der Waals surface area contributed by atoms with Crippen LogP contribution in [-0.2, 0) is 0 Å². The second kappa shape index (κ2) is 8.76. The first kappa shape index (κ1) is 23.6. The lowest BCUT2D eigenvalue weighted by Gasteiger charge is -2.13. The van der Waals surface area contributed by atoms with Crippen LogP contribution >= 0.6 is 0 Å². The van der Waals surface area contributed by atoms with Crippen LogP contribution in [0.25, 0.3) is 93.4 Å². The van der Waals surface area contributed by atoms with E-state index in [1.165, 1.54) is 16.2 Å². The molecule has 3 aromatic heterocycles. The SMILES string of the molecule is c1ccc(-c2nc(-n3c4ccccc4c4cc5ccc6oc7ccccc7c6c5cc43)nc3c2ccc2ccccc23)cc1. The molecule has 204 valence electrons. The monoisotopic (exact) mass is 561 g/mol. The molecule has 0 fully saturated rings. The summed E-state index contributed by atoms with van der Waals surface area (Å²) in [6, 6.07) is 48.9. The highest BCUT2D eigenvalue weighted by Crippen LogP contribution is 2.40. The Morgan fingerprint density at radius 2 is 1.20 bits per heavy atom. The number of para-hydroxylation sites is 2. The molecule has 0 spiro atoms. The molecule has 0 amide bonds. The zero-order chi connectivity index (χ0) is 28.8. The highest BCUT2D eigenvalue weighted by atomic mass is 16.3. The van der Waals surface area contributed by atoms with Gasteiger partial charge in [0.15, 0.2) is 0 Å². The van der Waals surface area contributed by atoms with Gasteiger partial charge in [0.25, 0.3) is 0 Å². The minimum absolute atomic E-state index is 0.655. The molecule has 0 atom stereocenters. The summed E-state index contributed by atoms with van der Waals surface area (Å²) in [7, 11) is 0. The third-order valence-corrected chi connectivity index (χ3v) is 8.98. The molecule has 0 aliphatic heterocycles. The van der Waals surface area contributed by atoms with Crippen molar-refractivity contribution < 1.29 is 4.42 Å². The Labute approximate surface area is 251 Å². The second-order valence-electron chi connectivity index (χ2n) is 11.4. The van der Waals surface area contributed by atoms with Gasteiger partial charge in [-0.1, -0.05) is 103 Å². The van der Waals surface area contributed by atoms with E-state index in [1.54, 1.807) is 0 Å². The number of benzene rings is 7. The van der Waals surface area contributed by atoms with Gasteiger partial charge in [0, 0.05) is 37.9 Å². The van der Waals surface area contributed by atoms with Gasteiger partial charge in [0.1, 0.15) is 11.2 Å². The van der Waals surface area contributed by atoms with E-state index in [1.807, 2.05) is 18.2 Å². The van der Waals surface area contributed by atoms with E-state index in [0.717, 1.165) is 71.3 Å². The molecule has 0 unspecified atom stereocenters. The van der Waals surface area contributed by atoms with Gasteiger partial charge in [-0.05, 0) is 52.6 Å². The van der Waals surface area contributed by atoms with Crippen LogP contribution in [0, 0.1) is 0 Å². The Hall–Kier alpha value is -6.00. The normalized spacial score (nSPS) is 12.1. The Kier molecular flexibility index (Phi) is 4.69. The van der Waals surface area contributed by atoms with Crippen molar-refractivity contribution in [2.45, 2.75) is 0 Å². The molecule has 0 saturated heterocycles. The largest absolute Gasteiger partial charge is 0.456 e. The number of rotatable bonds is 2. The third-order valence-electron chi connectivity index (χ3n) is 8.98. The highest BCUT2D eigenvalue weighted by Gasteiger charge is 2.20. The summed E-state index contributed by atoms with van der Waals surface area (Å²) in [5.41, 5.74) is 6.86. The van der Waals surface area contributed by atoms with Crippen LogP contribution in [0.15, 0.2) is 144 Å². The van der Waals surface area contributed by atoms with Crippen molar-refractivity contribution in [3.05, 3.63) is 140 Å². The fourth-order valence-electron chi connectivity index (χ4n) is 6.99. The van der Waals surface area contributed by atoms with E-state index in [0.29, 0.717) is 5.95 Å². The van der Waals surface area contributed by atoms with Gasteiger partial charge in [-0.3, -0.25) is 4.57 Å². The molecule has 3 heterocycles. The first-order valence-corrected chi connectivity index (χ1v) is 14.8. The van der Waals surface area contributed by atoms with Crippen molar-refractivity contribution in [1.82, 2.24) is 14.5 Å². The minimum atomic E-state index is 0.655. The van der Waals surface area contributed by atoms with Crippen molar-refractivity contribution in [2.24, 2.45) is 0 Å². The molecule has 7 aromatic carbocycles. The van der Waals surface area contributed by atoms with Crippen molar-refractivity contribution in [1.29, 1.82) is 0 Å². The standard InChI is InChI=1S/C40H23N3O/c1-2-11-25(12-3-1)38-30-20-18-24-10-4-5-13-27(24)39(30)42-40(41-38)43-33-16-8-6-14-28(33)32-22-26-19-21-36-37(31(26)23-34(32)43)29-15-7-9-17-35(29)44-36/h1-23H. The van der Waals surface area contributed by atoms with E-state index < -0.39 is 0 Å². The predicted octanol–water partition coefficient (Wildman–Crippen LogP) is 10.6. The number of hydrogen-bond donors (Lipinski definition) is 0. The summed E-state index contributed by atoms with van der Waals surface area (Å²) in [6.45, 7) is 0. The lowest BCUT2D eigenvalue weighted by atomic mass is 10.0. The molecule has 0 bridgehead atoms. The quantitative estimate of drug-likeness (QED) is 0.197. The first-order valence-electron chi connectivity index (χ1n) is 14.8. The maximum atomic E-state index is 6.27. The molecule has 4 nitrogen and oxygen atoms in total. The fraction of sp³-hybridized carbons (Fsp3) is 0. The van der Waals surface area contributed by atoms with Crippen LogP contribution in [0.4, 0.5) is 0 Å². The Balaban J connectivity index is 1.38. The Morgan fingerprint density at radius 1 is 0.455 bits per heavy atom. The summed E-state index contributed by atoms with van der Waals surface area (Å²) in [5.74, 6) is 0.655. The molecular weight excluding hydrogens is 538 g/mol. The van der Waals surface area contributed by atoms with Gasteiger partial charge < -0.3 is 4.42 Å². The minimum Gasteiger partial charge on any atom is -0.456 e. The van der Waals surface area contributed by atoms with Crippen LogP contribution in [-0.4, -0.2) is 14.5 Å². The van der Waals surface area contributed by atoms with E-state index >= 15 is 0 Å². The summed E-state index contributed by atoms with van der Waals surface area (Å²) in [4.78, 5) is 10.7.